The molecule has 12 nitrogen and oxygen atoms in total. The van der Waals surface area contributed by atoms with Gasteiger partial charge in [-0.1, -0.05) is 24.3 Å². The molecule has 5 fully saturated rings. The first-order valence-electron chi connectivity index (χ1n) is 19.5. The predicted octanol–water partition coefficient (Wildman–Crippen LogP) is 4.53. The molecule has 53 heavy (non-hydrogen) atoms. The quantitative estimate of drug-likeness (QED) is 0.173. The maximum atomic E-state index is 13.5. The lowest BCUT2D eigenvalue weighted by Gasteiger charge is -2.31. The standard InChI is InChI=1S/C41H54N2O10/c1-40(2,3)52-36(46)17-15-30(23-44)43-35(45)18-19-42-38(47)27-21-33(37-34(22-27)51-41(53-37,28-11-12-28)29-13-14-29)50-39(48)26-9-6-24(7-10-26)4-5-25-8-16-31-32(20-25)49-31/h4-7,9-10,22,25,28-34,37,44H,8,11-21,23H2,1-3H3,(H,42,47)(H,43,45). The number of amides is 2. The first kappa shape index (κ1) is 37.7. The molecule has 2 amide bonds. The summed E-state index contributed by atoms with van der Waals surface area (Å²) in [7, 11) is 0. The average Bonchev–Trinajstić information content (AvgIpc) is 3.98. The summed E-state index contributed by atoms with van der Waals surface area (Å²) in [5, 5.41) is 15.3. The fourth-order valence-corrected chi connectivity index (χ4v) is 7.96. The van der Waals surface area contributed by atoms with E-state index in [2.05, 4.69) is 22.8 Å². The Morgan fingerprint density at radius 1 is 0.981 bits per heavy atom. The highest BCUT2D eigenvalue weighted by atomic mass is 16.8. The van der Waals surface area contributed by atoms with E-state index >= 15 is 0 Å². The van der Waals surface area contributed by atoms with Crippen molar-refractivity contribution in [1.29, 1.82) is 0 Å². The van der Waals surface area contributed by atoms with E-state index in [1.807, 2.05) is 12.1 Å². The molecule has 1 aromatic carbocycles. The molecule has 288 valence electrons. The average molecular weight is 735 g/mol. The van der Waals surface area contributed by atoms with Gasteiger partial charge in [-0.2, -0.15) is 0 Å². The van der Waals surface area contributed by atoms with Crippen molar-refractivity contribution in [2.45, 2.75) is 139 Å². The van der Waals surface area contributed by atoms with Gasteiger partial charge in [-0.25, -0.2) is 4.79 Å². The molecular weight excluding hydrogens is 680 g/mol. The van der Waals surface area contributed by atoms with Gasteiger partial charge in [0.25, 0.3) is 0 Å². The highest BCUT2D eigenvalue weighted by molar-refractivity contribution is 5.94. The number of hydrogen-bond acceptors (Lipinski definition) is 10. The Balaban J connectivity index is 0.944. The van der Waals surface area contributed by atoms with Crippen LogP contribution in [0.5, 0.6) is 0 Å². The van der Waals surface area contributed by atoms with Crippen LogP contribution in [0.15, 0.2) is 42.0 Å². The van der Waals surface area contributed by atoms with E-state index in [4.69, 9.17) is 23.7 Å². The van der Waals surface area contributed by atoms with Crippen molar-refractivity contribution < 1.29 is 48.0 Å². The number of benzene rings is 1. The number of allylic oxidation sites excluding steroid dienone is 1. The number of esters is 2. The first-order valence-corrected chi connectivity index (χ1v) is 19.5. The normalized spacial score (nSPS) is 29.3. The molecule has 3 N–H and O–H groups in total. The van der Waals surface area contributed by atoms with Crippen molar-refractivity contribution in [3.8, 4) is 0 Å². The molecule has 2 heterocycles. The van der Waals surface area contributed by atoms with E-state index in [1.165, 1.54) is 0 Å². The van der Waals surface area contributed by atoms with Crippen molar-refractivity contribution in [1.82, 2.24) is 10.6 Å². The van der Waals surface area contributed by atoms with E-state index in [9.17, 15) is 24.3 Å². The van der Waals surface area contributed by atoms with Gasteiger partial charge in [-0.05, 0) is 102 Å². The van der Waals surface area contributed by atoms with Crippen molar-refractivity contribution in [2.75, 3.05) is 13.2 Å². The highest BCUT2D eigenvalue weighted by Crippen LogP contribution is 2.59. The molecule has 7 unspecified atom stereocenters. The van der Waals surface area contributed by atoms with Gasteiger partial charge in [-0.15, -0.1) is 0 Å². The van der Waals surface area contributed by atoms with Crippen molar-refractivity contribution in [2.24, 2.45) is 17.8 Å². The zero-order chi connectivity index (χ0) is 37.3. The van der Waals surface area contributed by atoms with Gasteiger partial charge in [0.2, 0.25) is 11.8 Å². The predicted molar refractivity (Wildman–Crippen MR) is 193 cm³/mol. The molecule has 7 rings (SSSR count). The van der Waals surface area contributed by atoms with E-state index in [0.29, 0.717) is 41.1 Å². The van der Waals surface area contributed by atoms with Crippen LogP contribution in [0.25, 0.3) is 6.08 Å². The van der Waals surface area contributed by atoms with Crippen molar-refractivity contribution in [3.05, 3.63) is 53.1 Å². The molecule has 4 aliphatic carbocycles. The number of nitrogens with one attached hydrogen (secondary N) is 2. The summed E-state index contributed by atoms with van der Waals surface area (Å²) >= 11 is 0. The monoisotopic (exact) mass is 734 g/mol. The maximum absolute atomic E-state index is 13.5. The van der Waals surface area contributed by atoms with Gasteiger partial charge < -0.3 is 39.4 Å². The fourth-order valence-electron chi connectivity index (χ4n) is 7.96. The van der Waals surface area contributed by atoms with Crippen LogP contribution in [-0.2, 0) is 38.1 Å². The number of aliphatic hydroxyl groups excluding tert-OH is 1. The lowest BCUT2D eigenvalue weighted by atomic mass is 9.89. The number of carbonyl (C=O) groups excluding carboxylic acids is 4. The largest absolute Gasteiger partial charge is 0.460 e. The Bertz CT molecular complexity index is 1580. The summed E-state index contributed by atoms with van der Waals surface area (Å²) in [5.74, 6) is -1.27. The summed E-state index contributed by atoms with van der Waals surface area (Å²) in [6, 6.07) is 6.74. The van der Waals surface area contributed by atoms with Crippen LogP contribution in [-0.4, -0.2) is 90.0 Å². The molecule has 7 atom stereocenters. The third-order valence-electron chi connectivity index (χ3n) is 11.1. The smallest absolute Gasteiger partial charge is 0.338 e. The Hall–Kier alpha value is -3.58. The number of fused-ring (bicyclic) bond motifs is 2. The van der Waals surface area contributed by atoms with Crippen LogP contribution in [0, 0.1) is 17.8 Å². The number of carbonyl (C=O) groups is 4. The van der Waals surface area contributed by atoms with Crippen molar-refractivity contribution >= 4 is 29.8 Å². The third-order valence-corrected chi connectivity index (χ3v) is 11.1. The minimum absolute atomic E-state index is 0.0280. The van der Waals surface area contributed by atoms with Gasteiger partial charge >= 0.3 is 11.9 Å². The topological polar surface area (TPSA) is 162 Å². The second-order valence-electron chi connectivity index (χ2n) is 16.6. The number of hydrogen-bond donors (Lipinski definition) is 3. The fraction of sp³-hybridized carbons (Fsp3) is 0.659. The summed E-state index contributed by atoms with van der Waals surface area (Å²) in [6.07, 6.45) is 13.0. The summed E-state index contributed by atoms with van der Waals surface area (Å²) in [4.78, 5) is 51.7. The molecule has 2 aliphatic heterocycles. The Morgan fingerprint density at radius 2 is 1.72 bits per heavy atom. The van der Waals surface area contributed by atoms with Crippen LogP contribution in [0.1, 0.15) is 107 Å². The SMILES string of the molecule is CC(C)(C)OC(=O)CCC(CO)NC(=O)CCNC(=O)C1=CC2OC(C3CC3)(C3CC3)OC2C(OC(=O)c2ccc(C=CC3CCC4OC4C3)cc2)C1. The Kier molecular flexibility index (Phi) is 11.1. The van der Waals surface area contributed by atoms with Gasteiger partial charge in [-0.3, -0.25) is 14.4 Å². The molecule has 12 heteroatoms. The molecule has 0 spiro atoms. The molecule has 0 bridgehead atoms. The number of rotatable bonds is 15. The molecule has 6 aliphatic rings. The number of ether oxygens (including phenoxy) is 5. The van der Waals surface area contributed by atoms with Crippen LogP contribution in [0.3, 0.4) is 0 Å². The highest BCUT2D eigenvalue weighted by Gasteiger charge is 2.64. The van der Waals surface area contributed by atoms with Crippen LogP contribution < -0.4 is 10.6 Å². The number of aliphatic hydroxyl groups is 1. The van der Waals surface area contributed by atoms with Gasteiger partial charge in [0.15, 0.2) is 5.79 Å². The lowest BCUT2D eigenvalue weighted by Crippen LogP contribution is -2.44. The Labute approximate surface area is 311 Å². The summed E-state index contributed by atoms with van der Waals surface area (Å²) in [5.41, 5.74) is 1.21. The van der Waals surface area contributed by atoms with E-state index in [0.717, 1.165) is 50.5 Å². The second-order valence-corrected chi connectivity index (χ2v) is 16.6. The van der Waals surface area contributed by atoms with Crippen LogP contribution in [0.2, 0.25) is 0 Å². The minimum atomic E-state index is -0.740. The van der Waals surface area contributed by atoms with Crippen LogP contribution in [0.4, 0.5) is 0 Å². The van der Waals surface area contributed by atoms with Gasteiger partial charge in [0.05, 0.1) is 30.4 Å². The number of epoxide rings is 1. The van der Waals surface area contributed by atoms with Gasteiger partial charge in [0, 0.05) is 43.2 Å². The molecule has 3 saturated carbocycles. The molecular formula is C41H54N2O10. The molecule has 0 radical (unpaired) electrons. The molecule has 1 aromatic rings. The van der Waals surface area contributed by atoms with Crippen LogP contribution >= 0.6 is 0 Å². The Morgan fingerprint density at radius 3 is 2.38 bits per heavy atom. The van der Waals surface area contributed by atoms with E-state index in [-0.39, 0.29) is 50.6 Å². The molecule has 0 aromatic heterocycles. The summed E-state index contributed by atoms with van der Waals surface area (Å²) < 4.78 is 30.5. The van der Waals surface area contributed by atoms with E-state index in [1.54, 1.807) is 39.0 Å². The maximum Gasteiger partial charge on any atom is 0.338 e. The van der Waals surface area contributed by atoms with E-state index < -0.39 is 47.7 Å². The first-order chi connectivity index (χ1) is 25.4. The lowest BCUT2D eigenvalue weighted by molar-refractivity contribution is -0.209. The minimum Gasteiger partial charge on any atom is -0.460 e. The second kappa shape index (κ2) is 15.6. The zero-order valence-electron chi connectivity index (χ0n) is 31.1. The third kappa shape index (κ3) is 9.57. The summed E-state index contributed by atoms with van der Waals surface area (Å²) in [6.45, 7) is 5.04. The van der Waals surface area contributed by atoms with Crippen molar-refractivity contribution in [3.63, 3.8) is 0 Å². The molecule has 2 saturated heterocycles. The van der Waals surface area contributed by atoms with Gasteiger partial charge in [0.1, 0.15) is 23.9 Å². The zero-order valence-corrected chi connectivity index (χ0v) is 31.1.